The Morgan fingerprint density at radius 1 is 1.04 bits per heavy atom. The summed E-state index contributed by atoms with van der Waals surface area (Å²) in [6, 6.07) is 5.90. The molecule has 2 heterocycles. The first kappa shape index (κ1) is 17.5. The minimum atomic E-state index is -0.359. The first-order chi connectivity index (χ1) is 12.6. The second kappa shape index (κ2) is 7.35. The van der Waals surface area contributed by atoms with E-state index in [4.69, 9.17) is 4.74 Å². The smallest absolute Gasteiger partial charge is 0.245 e. The van der Waals surface area contributed by atoms with Gasteiger partial charge in [-0.2, -0.15) is 0 Å². The second-order valence-electron chi connectivity index (χ2n) is 7.49. The Hall–Kier alpha value is -1.95. The lowest BCUT2D eigenvalue weighted by atomic mass is 9.92. The number of carbonyl (C=O) groups is 2. The predicted molar refractivity (Wildman–Crippen MR) is 94.0 cm³/mol. The van der Waals surface area contributed by atoms with Gasteiger partial charge >= 0.3 is 0 Å². The number of amides is 2. The average molecular weight is 360 g/mol. The zero-order valence-corrected chi connectivity index (χ0v) is 14.9. The van der Waals surface area contributed by atoms with Crippen LogP contribution < -0.4 is 0 Å². The van der Waals surface area contributed by atoms with Crippen LogP contribution in [-0.2, 0) is 14.3 Å². The molecule has 0 aromatic heterocycles. The van der Waals surface area contributed by atoms with E-state index in [0.29, 0.717) is 38.8 Å². The van der Waals surface area contributed by atoms with Crippen molar-refractivity contribution in [1.29, 1.82) is 0 Å². The Balaban J connectivity index is 1.52. The summed E-state index contributed by atoms with van der Waals surface area (Å²) in [7, 11) is 0. The van der Waals surface area contributed by atoms with Crippen molar-refractivity contribution in [1.82, 2.24) is 9.80 Å². The number of likely N-dealkylation sites (tertiary alicyclic amines) is 1. The van der Waals surface area contributed by atoms with Gasteiger partial charge in [0.25, 0.3) is 0 Å². The van der Waals surface area contributed by atoms with Crippen molar-refractivity contribution in [3.63, 3.8) is 0 Å². The van der Waals surface area contributed by atoms with Crippen LogP contribution in [0.3, 0.4) is 0 Å². The molecule has 3 fully saturated rings. The Kier molecular flexibility index (Phi) is 4.94. The minimum Gasteiger partial charge on any atom is -0.378 e. The van der Waals surface area contributed by atoms with E-state index in [1.165, 1.54) is 12.1 Å². The van der Waals surface area contributed by atoms with E-state index >= 15 is 0 Å². The lowest BCUT2D eigenvalue weighted by Gasteiger charge is -2.34. The third-order valence-corrected chi connectivity index (χ3v) is 5.73. The molecule has 3 aliphatic rings. The maximum absolute atomic E-state index is 13.3. The number of hydrogen-bond acceptors (Lipinski definition) is 3. The van der Waals surface area contributed by atoms with Gasteiger partial charge in [0.2, 0.25) is 11.8 Å². The molecule has 1 aliphatic carbocycles. The zero-order chi connectivity index (χ0) is 18.1. The predicted octanol–water partition coefficient (Wildman–Crippen LogP) is 2.17. The van der Waals surface area contributed by atoms with Gasteiger partial charge in [-0.15, -0.1) is 0 Å². The number of nitrogens with zero attached hydrogens (tertiary/aromatic N) is 2. The molecule has 2 saturated heterocycles. The fourth-order valence-electron chi connectivity index (χ4n) is 4.18. The Morgan fingerprint density at radius 3 is 2.38 bits per heavy atom. The van der Waals surface area contributed by atoms with E-state index in [1.54, 1.807) is 17.0 Å². The van der Waals surface area contributed by atoms with E-state index < -0.39 is 0 Å². The summed E-state index contributed by atoms with van der Waals surface area (Å²) in [6.45, 7) is 2.95. The third kappa shape index (κ3) is 3.47. The van der Waals surface area contributed by atoms with Crippen LogP contribution in [0.15, 0.2) is 24.3 Å². The van der Waals surface area contributed by atoms with Crippen molar-refractivity contribution in [2.75, 3.05) is 32.8 Å². The monoisotopic (exact) mass is 360 g/mol. The molecule has 0 N–H and O–H groups in total. The Bertz CT molecular complexity index is 668. The van der Waals surface area contributed by atoms with E-state index in [9.17, 15) is 14.0 Å². The van der Waals surface area contributed by atoms with E-state index in [1.807, 2.05) is 4.90 Å². The van der Waals surface area contributed by atoms with Gasteiger partial charge in [0.1, 0.15) is 11.9 Å². The summed E-state index contributed by atoms with van der Waals surface area (Å²) in [6.07, 6.45) is 3.61. The number of benzene rings is 1. The molecule has 2 aliphatic heterocycles. The lowest BCUT2D eigenvalue weighted by Crippen LogP contribution is -2.52. The quantitative estimate of drug-likeness (QED) is 0.827. The molecule has 2 amide bonds. The fourth-order valence-corrected chi connectivity index (χ4v) is 4.18. The highest BCUT2D eigenvalue weighted by Gasteiger charge is 2.44. The van der Waals surface area contributed by atoms with Crippen molar-refractivity contribution < 1.29 is 18.7 Å². The summed E-state index contributed by atoms with van der Waals surface area (Å²) >= 11 is 0. The number of morpholine rings is 1. The van der Waals surface area contributed by atoms with Crippen molar-refractivity contribution in [2.45, 2.75) is 37.6 Å². The van der Waals surface area contributed by atoms with Gasteiger partial charge < -0.3 is 14.5 Å². The molecule has 4 rings (SSSR count). The van der Waals surface area contributed by atoms with Crippen LogP contribution in [0.4, 0.5) is 4.39 Å². The van der Waals surface area contributed by atoms with Crippen molar-refractivity contribution in [3.05, 3.63) is 35.6 Å². The largest absolute Gasteiger partial charge is 0.378 e. The fraction of sp³-hybridized carbons (Fsp3) is 0.600. The van der Waals surface area contributed by atoms with Gasteiger partial charge in [-0.05, 0) is 49.3 Å². The van der Waals surface area contributed by atoms with Gasteiger partial charge in [0.05, 0.1) is 19.1 Å². The van der Waals surface area contributed by atoms with Gasteiger partial charge in [-0.25, -0.2) is 4.39 Å². The lowest BCUT2D eigenvalue weighted by molar-refractivity contribution is -0.147. The summed E-state index contributed by atoms with van der Waals surface area (Å²) in [5, 5.41) is 0. The first-order valence-corrected chi connectivity index (χ1v) is 9.57. The zero-order valence-electron chi connectivity index (χ0n) is 14.9. The van der Waals surface area contributed by atoms with Crippen LogP contribution in [0, 0.1) is 11.7 Å². The van der Waals surface area contributed by atoms with Gasteiger partial charge in [-0.3, -0.25) is 9.59 Å². The molecule has 1 saturated carbocycles. The molecule has 1 aromatic rings. The summed E-state index contributed by atoms with van der Waals surface area (Å²) in [5.74, 6) is -0.158. The molecule has 140 valence electrons. The highest BCUT2D eigenvalue weighted by molar-refractivity contribution is 5.91. The Labute approximate surface area is 153 Å². The molecule has 0 spiro atoms. The number of hydrogen-bond donors (Lipinski definition) is 0. The molecule has 0 bridgehead atoms. The maximum Gasteiger partial charge on any atom is 0.245 e. The summed E-state index contributed by atoms with van der Waals surface area (Å²) in [5.41, 5.74) is 0.864. The van der Waals surface area contributed by atoms with E-state index in [2.05, 4.69) is 0 Å². The van der Waals surface area contributed by atoms with Crippen molar-refractivity contribution >= 4 is 11.8 Å². The summed E-state index contributed by atoms with van der Waals surface area (Å²) < 4.78 is 18.6. The van der Waals surface area contributed by atoms with Crippen molar-refractivity contribution in [3.8, 4) is 0 Å². The van der Waals surface area contributed by atoms with Gasteiger partial charge in [0, 0.05) is 19.6 Å². The number of ether oxygens (including phenoxy) is 1. The molecule has 1 aromatic carbocycles. The first-order valence-electron chi connectivity index (χ1n) is 9.57. The van der Waals surface area contributed by atoms with Crippen LogP contribution in [0.2, 0.25) is 0 Å². The third-order valence-electron chi connectivity index (χ3n) is 5.73. The highest BCUT2D eigenvalue weighted by Crippen LogP contribution is 2.44. The standard InChI is InChI=1S/C20H25FN2O3/c21-16-7-5-15(6-8-16)18(14-3-4-14)20(25)23-9-1-2-17(23)19(24)22-10-12-26-13-11-22/h5-8,14,17-18H,1-4,9-13H2/t17-,18?/m1/s1. The molecule has 6 heteroatoms. The second-order valence-corrected chi connectivity index (χ2v) is 7.49. The van der Waals surface area contributed by atoms with Crippen LogP contribution in [0.25, 0.3) is 0 Å². The van der Waals surface area contributed by atoms with Crippen LogP contribution in [-0.4, -0.2) is 60.5 Å². The van der Waals surface area contributed by atoms with Crippen LogP contribution in [0.5, 0.6) is 0 Å². The SMILES string of the molecule is O=C([C@H]1CCCN1C(=O)C(c1ccc(F)cc1)C1CC1)N1CCOCC1. The number of halogens is 1. The van der Waals surface area contributed by atoms with Gasteiger partial charge in [-0.1, -0.05) is 12.1 Å². The molecular formula is C20H25FN2O3. The summed E-state index contributed by atoms with van der Waals surface area (Å²) in [4.78, 5) is 29.9. The highest BCUT2D eigenvalue weighted by atomic mass is 19.1. The normalized spacial score (nSPS) is 24.6. The van der Waals surface area contributed by atoms with Crippen molar-refractivity contribution in [2.24, 2.45) is 5.92 Å². The van der Waals surface area contributed by atoms with Crippen LogP contribution >= 0.6 is 0 Å². The van der Waals surface area contributed by atoms with E-state index in [0.717, 1.165) is 31.2 Å². The number of rotatable bonds is 4. The van der Waals surface area contributed by atoms with Crippen LogP contribution in [0.1, 0.15) is 37.2 Å². The maximum atomic E-state index is 13.3. The van der Waals surface area contributed by atoms with Gasteiger partial charge in [0.15, 0.2) is 0 Å². The Morgan fingerprint density at radius 2 is 1.73 bits per heavy atom. The minimum absolute atomic E-state index is 0.0308. The molecular weight excluding hydrogens is 335 g/mol. The molecule has 2 atom stereocenters. The topological polar surface area (TPSA) is 49.9 Å². The molecule has 1 unspecified atom stereocenters. The molecule has 26 heavy (non-hydrogen) atoms. The number of carbonyl (C=O) groups excluding carboxylic acids is 2. The molecule has 0 radical (unpaired) electrons. The average Bonchev–Trinajstić information content (AvgIpc) is 3.38. The van der Waals surface area contributed by atoms with E-state index in [-0.39, 0.29) is 29.6 Å². The molecule has 5 nitrogen and oxygen atoms in total.